The van der Waals surface area contributed by atoms with E-state index >= 15 is 0 Å². The Labute approximate surface area is 249 Å². The van der Waals surface area contributed by atoms with Crippen LogP contribution in [0, 0.1) is 5.92 Å². The monoisotopic (exact) mass is 573 g/mol. The Morgan fingerprint density at radius 2 is 1.29 bits per heavy atom. The van der Waals surface area contributed by atoms with Crippen LogP contribution in [0.3, 0.4) is 0 Å². The van der Waals surface area contributed by atoms with Crippen molar-refractivity contribution in [3.8, 4) is 0 Å². The predicted molar refractivity (Wildman–Crippen MR) is 159 cm³/mol. The van der Waals surface area contributed by atoms with Crippen molar-refractivity contribution in [3.63, 3.8) is 0 Å². The molecule has 3 heterocycles. The number of fused-ring (bicyclic) bond motifs is 3. The van der Waals surface area contributed by atoms with Crippen LogP contribution in [0.4, 0.5) is 0 Å². The first-order valence-electron chi connectivity index (χ1n) is 15.1. The zero-order chi connectivity index (χ0) is 28.9. The Balaban J connectivity index is 1.27. The highest BCUT2D eigenvalue weighted by Gasteiger charge is 2.61. The van der Waals surface area contributed by atoms with Gasteiger partial charge in [0.05, 0.1) is 56.2 Å². The molecule has 3 aliphatic heterocycles. The van der Waals surface area contributed by atoms with Crippen molar-refractivity contribution in [2.24, 2.45) is 5.92 Å². The molecule has 0 amide bonds. The molecule has 3 aliphatic rings. The zero-order valence-electron chi connectivity index (χ0n) is 24.8. The third-order valence-corrected chi connectivity index (χ3v) is 8.14. The number of ether oxygens (including phenoxy) is 5. The zero-order valence-corrected chi connectivity index (χ0v) is 24.8. The number of rotatable bonds is 11. The van der Waals surface area contributed by atoms with E-state index in [1.807, 2.05) is 54.6 Å². The van der Waals surface area contributed by atoms with Gasteiger partial charge >= 0.3 is 0 Å². The Hall–Kier alpha value is -2.62. The molecule has 3 aromatic carbocycles. The van der Waals surface area contributed by atoms with Gasteiger partial charge in [0.2, 0.25) is 0 Å². The molecule has 42 heavy (non-hydrogen) atoms. The lowest BCUT2D eigenvalue weighted by Crippen LogP contribution is -2.60. The first-order valence-corrected chi connectivity index (χ1v) is 15.1. The van der Waals surface area contributed by atoms with Crippen LogP contribution < -0.4 is 0 Å². The minimum atomic E-state index is -0.468. The van der Waals surface area contributed by atoms with Crippen molar-refractivity contribution in [3.05, 3.63) is 108 Å². The topological polar surface area (TPSA) is 58.6 Å². The lowest BCUT2D eigenvalue weighted by Gasteiger charge is -2.45. The molecule has 0 radical (unpaired) electrons. The minimum absolute atomic E-state index is 0.00371. The smallest absolute Gasteiger partial charge is 0.185 e. The van der Waals surface area contributed by atoms with E-state index < -0.39 is 6.29 Å². The maximum absolute atomic E-state index is 6.84. The van der Waals surface area contributed by atoms with Crippen molar-refractivity contribution in [1.29, 1.82) is 0 Å². The average molecular weight is 574 g/mol. The molecule has 0 bridgehead atoms. The van der Waals surface area contributed by atoms with Gasteiger partial charge in [-0.25, -0.2) is 0 Å². The summed E-state index contributed by atoms with van der Waals surface area (Å²) in [5.41, 5.74) is 3.06. The van der Waals surface area contributed by atoms with Crippen molar-refractivity contribution in [2.75, 3.05) is 13.2 Å². The maximum Gasteiger partial charge on any atom is 0.185 e. The van der Waals surface area contributed by atoms with E-state index in [9.17, 15) is 0 Å². The SMILES string of the molecule is CC(C)(C)O[C@H]1CCN2O[C@H]3O[C@H](COCc4ccccc4)[C@H](OCc4ccccc4)[C@H](OCc4ccccc4)[C@H]3[C@@H]12. The lowest BCUT2D eigenvalue weighted by molar-refractivity contribution is -0.311. The molecular formula is C35H43NO6. The molecule has 3 saturated heterocycles. The van der Waals surface area contributed by atoms with Gasteiger partial charge < -0.3 is 23.7 Å². The molecule has 7 heteroatoms. The van der Waals surface area contributed by atoms with E-state index in [2.05, 4.69) is 62.2 Å². The molecule has 7 nitrogen and oxygen atoms in total. The fourth-order valence-corrected chi connectivity index (χ4v) is 6.36. The highest BCUT2D eigenvalue weighted by molar-refractivity contribution is 5.16. The Morgan fingerprint density at radius 1 is 0.738 bits per heavy atom. The predicted octanol–water partition coefficient (Wildman–Crippen LogP) is 5.92. The third kappa shape index (κ3) is 7.12. The number of hydrogen-bond acceptors (Lipinski definition) is 7. The number of hydroxylamine groups is 2. The van der Waals surface area contributed by atoms with Gasteiger partial charge in [-0.3, -0.25) is 4.84 Å². The summed E-state index contributed by atoms with van der Waals surface area (Å²) in [5.74, 6) is -0.0882. The van der Waals surface area contributed by atoms with E-state index in [1.54, 1.807) is 0 Å². The second-order valence-electron chi connectivity index (χ2n) is 12.4. The van der Waals surface area contributed by atoms with Gasteiger partial charge in [0.1, 0.15) is 12.2 Å². The van der Waals surface area contributed by atoms with Crippen LogP contribution in [-0.2, 0) is 48.3 Å². The van der Waals surface area contributed by atoms with Crippen molar-refractivity contribution < 1.29 is 28.5 Å². The molecule has 3 aromatic rings. The van der Waals surface area contributed by atoms with Gasteiger partial charge in [-0.05, 0) is 43.9 Å². The molecule has 6 rings (SSSR count). The van der Waals surface area contributed by atoms with Gasteiger partial charge in [-0.2, -0.15) is 5.06 Å². The van der Waals surface area contributed by atoms with Crippen LogP contribution in [0.1, 0.15) is 43.9 Å². The molecule has 0 N–H and O–H groups in total. The molecule has 224 valence electrons. The fourth-order valence-electron chi connectivity index (χ4n) is 6.36. The molecule has 3 fully saturated rings. The lowest BCUT2D eigenvalue weighted by atomic mass is 9.83. The molecule has 0 spiro atoms. The summed E-state index contributed by atoms with van der Waals surface area (Å²) in [6.45, 7) is 8.88. The minimum Gasteiger partial charge on any atom is -0.374 e. The van der Waals surface area contributed by atoms with Gasteiger partial charge in [0.25, 0.3) is 0 Å². The summed E-state index contributed by atoms with van der Waals surface area (Å²) in [6.07, 6.45) is -0.601. The van der Waals surface area contributed by atoms with Crippen LogP contribution in [0.15, 0.2) is 91.0 Å². The maximum atomic E-state index is 6.84. The second-order valence-corrected chi connectivity index (χ2v) is 12.4. The Morgan fingerprint density at radius 3 is 1.86 bits per heavy atom. The second kappa shape index (κ2) is 13.3. The molecule has 0 unspecified atom stereocenters. The van der Waals surface area contributed by atoms with Crippen LogP contribution >= 0.6 is 0 Å². The van der Waals surface area contributed by atoms with Crippen LogP contribution in [0.2, 0.25) is 0 Å². The molecular weight excluding hydrogens is 530 g/mol. The fraction of sp³-hybridized carbons (Fsp3) is 0.486. The summed E-state index contributed by atoms with van der Waals surface area (Å²) >= 11 is 0. The first-order chi connectivity index (χ1) is 20.4. The summed E-state index contributed by atoms with van der Waals surface area (Å²) in [5, 5.41) is 2.06. The summed E-state index contributed by atoms with van der Waals surface area (Å²) in [7, 11) is 0. The largest absolute Gasteiger partial charge is 0.374 e. The molecule has 0 aliphatic carbocycles. The standard InChI is InChI=1S/C35H43NO6/c1-35(2,3)41-28-19-20-36-31(28)30-33(39-23-27-17-11-6-12-18-27)32(38-22-26-15-9-5-10-16-26)29(40-34(30)42-36)24-37-21-25-13-7-4-8-14-25/h4-18,28-34H,19-24H2,1-3H3/t28-,29+,30+,31+,32-,33+,34+/m0/s1. The van der Waals surface area contributed by atoms with Crippen molar-refractivity contribution in [2.45, 2.75) is 89.4 Å². The average Bonchev–Trinajstić information content (AvgIpc) is 3.55. The summed E-state index contributed by atoms with van der Waals surface area (Å²) in [6, 6.07) is 30.7. The van der Waals surface area contributed by atoms with Crippen LogP contribution in [0.5, 0.6) is 0 Å². The highest BCUT2D eigenvalue weighted by atomic mass is 16.8. The molecule has 0 aromatic heterocycles. The third-order valence-electron chi connectivity index (χ3n) is 8.14. The van der Waals surface area contributed by atoms with Gasteiger partial charge in [-0.1, -0.05) is 91.0 Å². The van der Waals surface area contributed by atoms with Crippen LogP contribution in [0.25, 0.3) is 0 Å². The molecule has 7 atom stereocenters. The molecule has 0 saturated carbocycles. The summed E-state index contributed by atoms with van der Waals surface area (Å²) < 4.78 is 33.1. The van der Waals surface area contributed by atoms with Crippen molar-refractivity contribution in [1.82, 2.24) is 5.06 Å². The van der Waals surface area contributed by atoms with E-state index in [1.165, 1.54) is 0 Å². The van der Waals surface area contributed by atoms with Crippen molar-refractivity contribution >= 4 is 0 Å². The summed E-state index contributed by atoms with van der Waals surface area (Å²) in [4.78, 5) is 6.46. The van der Waals surface area contributed by atoms with E-state index in [4.69, 9.17) is 28.5 Å². The highest BCUT2D eigenvalue weighted by Crippen LogP contribution is 2.46. The van der Waals surface area contributed by atoms with E-state index in [-0.39, 0.29) is 42.0 Å². The van der Waals surface area contributed by atoms with E-state index in [0.29, 0.717) is 26.4 Å². The van der Waals surface area contributed by atoms with Gasteiger partial charge in [0, 0.05) is 6.54 Å². The normalized spacial score (nSPS) is 29.4. The number of hydrogen-bond donors (Lipinski definition) is 0. The Bertz CT molecular complexity index is 1240. The quantitative estimate of drug-likeness (QED) is 0.282. The number of nitrogens with zero attached hydrogens (tertiary/aromatic N) is 1. The number of benzene rings is 3. The van der Waals surface area contributed by atoms with E-state index in [0.717, 1.165) is 29.7 Å². The first kappa shape index (κ1) is 29.5. The Kier molecular flexibility index (Phi) is 9.36. The van der Waals surface area contributed by atoms with Gasteiger partial charge in [0.15, 0.2) is 6.29 Å². The van der Waals surface area contributed by atoms with Gasteiger partial charge in [-0.15, -0.1) is 0 Å². The van der Waals surface area contributed by atoms with Crippen LogP contribution in [-0.4, -0.2) is 60.6 Å².